The van der Waals surface area contributed by atoms with Crippen LogP contribution in [0.4, 0.5) is 4.79 Å². The molecule has 0 aromatic rings. The topological polar surface area (TPSA) is 53.2 Å². The van der Waals surface area contributed by atoms with Crippen LogP contribution in [0.3, 0.4) is 0 Å². The fraction of sp³-hybridized carbons (Fsp3) is 0.909. The van der Waals surface area contributed by atoms with Gasteiger partial charge < -0.3 is 16.0 Å². The number of carbonyl (C=O) groups is 1. The van der Waals surface area contributed by atoms with Gasteiger partial charge in [-0.05, 0) is 45.2 Å². The smallest absolute Gasteiger partial charge is 0.314 e. The second-order valence-corrected chi connectivity index (χ2v) is 4.74. The van der Waals surface area contributed by atoms with Crippen LogP contribution < -0.4 is 16.0 Å². The predicted octanol–water partition coefficient (Wildman–Crippen LogP) is 0.940. The monoisotopic (exact) mass is 213 g/mol. The van der Waals surface area contributed by atoms with Crippen molar-refractivity contribution < 1.29 is 4.79 Å². The molecule has 2 amide bonds. The average molecular weight is 213 g/mol. The summed E-state index contributed by atoms with van der Waals surface area (Å²) in [6.07, 6.45) is 1.16. The molecule has 0 aromatic heterocycles. The maximum Gasteiger partial charge on any atom is 0.314 e. The first-order valence-electron chi connectivity index (χ1n) is 5.84. The van der Waals surface area contributed by atoms with Gasteiger partial charge in [0.05, 0.1) is 0 Å². The van der Waals surface area contributed by atoms with Crippen molar-refractivity contribution in [1.82, 2.24) is 16.0 Å². The summed E-state index contributed by atoms with van der Waals surface area (Å²) in [4.78, 5) is 11.4. The first kappa shape index (κ1) is 12.3. The van der Waals surface area contributed by atoms with Crippen LogP contribution in [0.1, 0.15) is 27.2 Å². The summed E-state index contributed by atoms with van der Waals surface area (Å²) >= 11 is 0. The Morgan fingerprint density at radius 1 is 1.53 bits per heavy atom. The van der Waals surface area contributed by atoms with Crippen molar-refractivity contribution >= 4 is 6.03 Å². The molecule has 1 heterocycles. The molecule has 4 nitrogen and oxygen atoms in total. The van der Waals surface area contributed by atoms with Crippen LogP contribution in [-0.4, -0.2) is 31.7 Å². The van der Waals surface area contributed by atoms with Gasteiger partial charge in [0.2, 0.25) is 0 Å². The van der Waals surface area contributed by atoms with Crippen molar-refractivity contribution in [3.05, 3.63) is 0 Å². The number of hydrogen-bond donors (Lipinski definition) is 3. The van der Waals surface area contributed by atoms with E-state index in [1.54, 1.807) is 0 Å². The molecule has 1 fully saturated rings. The lowest BCUT2D eigenvalue weighted by Crippen LogP contribution is -2.45. The van der Waals surface area contributed by atoms with Gasteiger partial charge >= 0.3 is 6.03 Å². The van der Waals surface area contributed by atoms with Crippen LogP contribution >= 0.6 is 0 Å². The molecule has 1 aliphatic rings. The van der Waals surface area contributed by atoms with E-state index in [-0.39, 0.29) is 12.1 Å². The molecular formula is C11H23N3O. The summed E-state index contributed by atoms with van der Waals surface area (Å²) in [5.74, 6) is 1.27. The minimum Gasteiger partial charge on any atom is -0.338 e. The van der Waals surface area contributed by atoms with Crippen molar-refractivity contribution in [2.45, 2.75) is 33.2 Å². The van der Waals surface area contributed by atoms with Gasteiger partial charge in [-0.25, -0.2) is 4.79 Å². The highest BCUT2D eigenvalue weighted by molar-refractivity contribution is 5.74. The van der Waals surface area contributed by atoms with Crippen molar-refractivity contribution in [2.24, 2.45) is 11.8 Å². The van der Waals surface area contributed by atoms with Gasteiger partial charge in [-0.2, -0.15) is 0 Å². The van der Waals surface area contributed by atoms with Crippen LogP contribution in [0, 0.1) is 11.8 Å². The number of amides is 2. The summed E-state index contributed by atoms with van der Waals surface area (Å²) in [6.45, 7) is 9.10. The largest absolute Gasteiger partial charge is 0.338 e. The molecule has 1 saturated heterocycles. The van der Waals surface area contributed by atoms with Crippen molar-refractivity contribution in [3.63, 3.8) is 0 Å². The Bertz CT molecular complexity index is 206. The SMILES string of the molecule is CC(C)NC(=O)NCC1CCNCC1C. The van der Waals surface area contributed by atoms with Gasteiger partial charge in [0.1, 0.15) is 0 Å². The summed E-state index contributed by atoms with van der Waals surface area (Å²) < 4.78 is 0. The van der Waals surface area contributed by atoms with E-state index in [1.165, 1.54) is 0 Å². The number of nitrogens with one attached hydrogen (secondary N) is 3. The zero-order valence-corrected chi connectivity index (χ0v) is 9.97. The fourth-order valence-corrected chi connectivity index (χ4v) is 1.91. The Hall–Kier alpha value is -0.770. The molecule has 1 rings (SSSR count). The lowest BCUT2D eigenvalue weighted by atomic mass is 9.88. The maximum atomic E-state index is 11.4. The molecule has 15 heavy (non-hydrogen) atoms. The van der Waals surface area contributed by atoms with Crippen LogP contribution in [0.25, 0.3) is 0 Å². The van der Waals surface area contributed by atoms with E-state index in [0.717, 1.165) is 26.1 Å². The molecule has 88 valence electrons. The lowest BCUT2D eigenvalue weighted by molar-refractivity contribution is 0.226. The Labute approximate surface area is 92.2 Å². The lowest BCUT2D eigenvalue weighted by Gasteiger charge is -2.29. The third-order valence-corrected chi connectivity index (χ3v) is 2.91. The van der Waals surface area contributed by atoms with E-state index < -0.39 is 0 Å². The van der Waals surface area contributed by atoms with E-state index in [4.69, 9.17) is 0 Å². The number of rotatable bonds is 3. The van der Waals surface area contributed by atoms with Gasteiger partial charge in [-0.15, -0.1) is 0 Å². The average Bonchev–Trinajstić information content (AvgIpc) is 2.15. The highest BCUT2D eigenvalue weighted by Gasteiger charge is 2.21. The van der Waals surface area contributed by atoms with E-state index >= 15 is 0 Å². The Kier molecular flexibility index (Phi) is 4.88. The summed E-state index contributed by atoms with van der Waals surface area (Å²) in [6, 6.07) is 0.158. The molecule has 0 saturated carbocycles. The van der Waals surface area contributed by atoms with Crippen molar-refractivity contribution in [2.75, 3.05) is 19.6 Å². The van der Waals surface area contributed by atoms with Crippen LogP contribution in [0.5, 0.6) is 0 Å². The number of piperidine rings is 1. The van der Waals surface area contributed by atoms with Crippen molar-refractivity contribution in [1.29, 1.82) is 0 Å². The van der Waals surface area contributed by atoms with E-state index in [0.29, 0.717) is 11.8 Å². The summed E-state index contributed by atoms with van der Waals surface area (Å²) in [5.41, 5.74) is 0. The van der Waals surface area contributed by atoms with Gasteiger partial charge in [-0.1, -0.05) is 6.92 Å². The minimum absolute atomic E-state index is 0.0456. The second-order valence-electron chi connectivity index (χ2n) is 4.74. The zero-order chi connectivity index (χ0) is 11.3. The van der Waals surface area contributed by atoms with E-state index in [2.05, 4.69) is 22.9 Å². The highest BCUT2D eigenvalue weighted by Crippen LogP contribution is 2.17. The first-order chi connectivity index (χ1) is 7.09. The number of carbonyl (C=O) groups excluding carboxylic acids is 1. The molecule has 2 atom stereocenters. The van der Waals surface area contributed by atoms with E-state index in [9.17, 15) is 4.79 Å². The third kappa shape index (κ3) is 4.51. The minimum atomic E-state index is -0.0456. The maximum absolute atomic E-state index is 11.4. The van der Waals surface area contributed by atoms with Gasteiger partial charge in [0.25, 0.3) is 0 Å². The Morgan fingerprint density at radius 2 is 2.27 bits per heavy atom. The summed E-state index contributed by atoms with van der Waals surface area (Å²) in [7, 11) is 0. The molecule has 2 unspecified atom stereocenters. The summed E-state index contributed by atoms with van der Waals surface area (Å²) in [5, 5.41) is 9.12. The van der Waals surface area contributed by atoms with Gasteiger partial charge in [0, 0.05) is 12.6 Å². The van der Waals surface area contributed by atoms with Crippen LogP contribution in [-0.2, 0) is 0 Å². The highest BCUT2D eigenvalue weighted by atomic mass is 16.2. The Balaban J connectivity index is 2.20. The number of hydrogen-bond acceptors (Lipinski definition) is 2. The second kappa shape index (κ2) is 5.95. The quantitative estimate of drug-likeness (QED) is 0.653. The normalized spacial score (nSPS) is 26.4. The molecular weight excluding hydrogens is 190 g/mol. The predicted molar refractivity (Wildman–Crippen MR) is 61.8 cm³/mol. The molecule has 0 aliphatic carbocycles. The third-order valence-electron chi connectivity index (χ3n) is 2.91. The zero-order valence-electron chi connectivity index (χ0n) is 9.97. The molecule has 0 spiro atoms. The van der Waals surface area contributed by atoms with Crippen LogP contribution in [0.15, 0.2) is 0 Å². The molecule has 3 N–H and O–H groups in total. The molecule has 0 radical (unpaired) electrons. The van der Waals surface area contributed by atoms with Gasteiger partial charge in [-0.3, -0.25) is 0 Å². The first-order valence-corrected chi connectivity index (χ1v) is 5.84. The number of urea groups is 1. The van der Waals surface area contributed by atoms with Crippen molar-refractivity contribution in [3.8, 4) is 0 Å². The Morgan fingerprint density at radius 3 is 2.87 bits per heavy atom. The van der Waals surface area contributed by atoms with E-state index in [1.807, 2.05) is 13.8 Å². The molecule has 1 aliphatic heterocycles. The fourth-order valence-electron chi connectivity index (χ4n) is 1.91. The standard InChI is InChI=1S/C11H23N3O/c1-8(2)14-11(15)13-7-10-4-5-12-6-9(10)3/h8-10,12H,4-7H2,1-3H3,(H2,13,14,15). The van der Waals surface area contributed by atoms with Gasteiger partial charge in [0.15, 0.2) is 0 Å². The molecule has 4 heteroatoms. The molecule has 0 aromatic carbocycles. The molecule has 0 bridgehead atoms. The van der Waals surface area contributed by atoms with Crippen LogP contribution in [0.2, 0.25) is 0 Å².